The molecular weight excluding hydrogens is 380 g/mol. The van der Waals surface area contributed by atoms with Gasteiger partial charge in [0.25, 0.3) is 5.56 Å². The molecule has 146 valence electrons. The number of carbonyl (C=O) groups excluding carboxylic acids is 2. The molecule has 0 atom stereocenters. The Bertz CT molecular complexity index is 1070. The highest BCUT2D eigenvalue weighted by atomic mass is 32.1. The lowest BCUT2D eigenvalue weighted by atomic mass is 10.1. The first-order valence-corrected chi connectivity index (χ1v) is 9.63. The number of thiazole rings is 1. The molecule has 0 unspecified atom stereocenters. The van der Waals surface area contributed by atoms with E-state index < -0.39 is 5.97 Å². The van der Waals surface area contributed by atoms with Crippen LogP contribution >= 0.6 is 11.3 Å². The fourth-order valence-electron chi connectivity index (χ4n) is 2.63. The molecule has 2 aromatic heterocycles. The SMILES string of the molecule is CCNC(=O)Nc1nc2cc(-c3ccc(=O)n(CC(=O)OCC)c3)ccc2s1. The number of ether oxygens (including phenoxy) is 1. The van der Waals surface area contributed by atoms with Gasteiger partial charge in [0.1, 0.15) is 6.54 Å². The van der Waals surface area contributed by atoms with Gasteiger partial charge in [-0.1, -0.05) is 17.4 Å². The van der Waals surface area contributed by atoms with Crippen molar-refractivity contribution in [3.63, 3.8) is 0 Å². The Kier molecular flexibility index (Phi) is 6.05. The van der Waals surface area contributed by atoms with E-state index in [1.165, 1.54) is 22.0 Å². The highest BCUT2D eigenvalue weighted by Gasteiger charge is 2.10. The summed E-state index contributed by atoms with van der Waals surface area (Å²) in [7, 11) is 0. The second kappa shape index (κ2) is 8.66. The van der Waals surface area contributed by atoms with Crippen LogP contribution in [0.3, 0.4) is 0 Å². The standard InChI is InChI=1S/C19H20N4O4S/c1-3-20-18(26)22-19-21-14-9-12(5-7-15(14)28-19)13-6-8-16(24)23(10-13)11-17(25)27-4-2/h5-10H,3-4,11H2,1-2H3,(H2,20,21,22,26). The lowest BCUT2D eigenvalue weighted by Gasteiger charge is -2.08. The van der Waals surface area contributed by atoms with E-state index in [0.29, 0.717) is 11.7 Å². The van der Waals surface area contributed by atoms with Crippen LogP contribution in [0.4, 0.5) is 9.93 Å². The zero-order valence-electron chi connectivity index (χ0n) is 15.5. The minimum atomic E-state index is -0.460. The quantitative estimate of drug-likeness (QED) is 0.620. The third-order valence-electron chi connectivity index (χ3n) is 3.87. The Morgan fingerprint density at radius 1 is 1.18 bits per heavy atom. The van der Waals surface area contributed by atoms with Crippen LogP contribution in [0.5, 0.6) is 0 Å². The van der Waals surface area contributed by atoms with E-state index in [9.17, 15) is 14.4 Å². The number of hydrogen-bond donors (Lipinski definition) is 2. The molecule has 0 radical (unpaired) electrons. The number of carbonyl (C=O) groups is 2. The maximum absolute atomic E-state index is 12.0. The molecule has 0 spiro atoms. The van der Waals surface area contributed by atoms with Crippen LogP contribution < -0.4 is 16.2 Å². The van der Waals surface area contributed by atoms with Gasteiger partial charge in [-0.05, 0) is 43.2 Å². The number of nitrogens with one attached hydrogen (secondary N) is 2. The molecule has 0 aliphatic heterocycles. The summed E-state index contributed by atoms with van der Waals surface area (Å²) in [6.45, 7) is 4.21. The van der Waals surface area contributed by atoms with Gasteiger partial charge in [-0.15, -0.1) is 0 Å². The van der Waals surface area contributed by atoms with Crippen molar-refractivity contribution >= 4 is 38.7 Å². The Morgan fingerprint density at radius 3 is 2.71 bits per heavy atom. The third kappa shape index (κ3) is 4.55. The molecule has 2 heterocycles. The van der Waals surface area contributed by atoms with Crippen molar-refractivity contribution in [1.82, 2.24) is 14.9 Å². The molecule has 0 fully saturated rings. The summed E-state index contributed by atoms with van der Waals surface area (Å²) in [5, 5.41) is 5.87. The Hall–Kier alpha value is -3.20. The van der Waals surface area contributed by atoms with Crippen LogP contribution in [0.2, 0.25) is 0 Å². The third-order valence-corrected chi connectivity index (χ3v) is 4.82. The molecule has 0 aliphatic carbocycles. The molecule has 0 saturated carbocycles. The van der Waals surface area contributed by atoms with E-state index in [1.54, 1.807) is 19.2 Å². The molecule has 0 bridgehead atoms. The zero-order chi connectivity index (χ0) is 20.1. The lowest BCUT2D eigenvalue weighted by Crippen LogP contribution is -2.28. The normalized spacial score (nSPS) is 10.6. The smallest absolute Gasteiger partial charge is 0.326 e. The molecule has 0 saturated heterocycles. The van der Waals surface area contributed by atoms with E-state index in [1.807, 2.05) is 25.1 Å². The first-order chi connectivity index (χ1) is 13.5. The number of fused-ring (bicyclic) bond motifs is 1. The summed E-state index contributed by atoms with van der Waals surface area (Å²) >= 11 is 1.38. The average Bonchev–Trinajstić information content (AvgIpc) is 3.05. The topological polar surface area (TPSA) is 102 Å². The van der Waals surface area contributed by atoms with E-state index in [2.05, 4.69) is 15.6 Å². The summed E-state index contributed by atoms with van der Waals surface area (Å²) in [5.41, 5.74) is 2.08. The number of hydrogen-bond acceptors (Lipinski definition) is 6. The van der Waals surface area contributed by atoms with E-state index in [-0.39, 0.29) is 24.7 Å². The van der Waals surface area contributed by atoms with Crippen LogP contribution in [-0.4, -0.2) is 34.7 Å². The molecule has 2 amide bonds. The summed E-state index contributed by atoms with van der Waals surface area (Å²) in [4.78, 5) is 39.8. The van der Waals surface area contributed by atoms with Crippen molar-refractivity contribution < 1.29 is 14.3 Å². The number of esters is 1. The number of nitrogens with zero attached hydrogens (tertiary/aromatic N) is 2. The molecule has 28 heavy (non-hydrogen) atoms. The van der Waals surface area contributed by atoms with Gasteiger partial charge in [0.2, 0.25) is 0 Å². The van der Waals surface area contributed by atoms with Crippen LogP contribution in [0.25, 0.3) is 21.3 Å². The lowest BCUT2D eigenvalue weighted by molar-refractivity contribution is -0.143. The molecule has 2 N–H and O–H groups in total. The molecular formula is C19H20N4O4S. The zero-order valence-corrected chi connectivity index (χ0v) is 16.3. The van der Waals surface area contributed by atoms with Crippen molar-refractivity contribution in [1.29, 1.82) is 0 Å². The Balaban J connectivity index is 1.88. The predicted octanol–water partition coefficient (Wildman–Crippen LogP) is 2.83. The molecule has 8 nitrogen and oxygen atoms in total. The van der Waals surface area contributed by atoms with Crippen molar-refractivity contribution in [2.75, 3.05) is 18.5 Å². The predicted molar refractivity (Wildman–Crippen MR) is 109 cm³/mol. The van der Waals surface area contributed by atoms with Gasteiger partial charge in [0.15, 0.2) is 5.13 Å². The fraction of sp³-hybridized carbons (Fsp3) is 0.263. The first kappa shape index (κ1) is 19.6. The molecule has 3 aromatic rings. The van der Waals surface area contributed by atoms with Crippen LogP contribution in [0.15, 0.2) is 41.3 Å². The van der Waals surface area contributed by atoms with Gasteiger partial charge in [-0.2, -0.15) is 0 Å². The second-order valence-corrected chi connectivity index (χ2v) is 6.91. The van der Waals surface area contributed by atoms with Crippen LogP contribution in [0.1, 0.15) is 13.8 Å². The van der Waals surface area contributed by atoms with E-state index in [4.69, 9.17) is 4.74 Å². The van der Waals surface area contributed by atoms with Crippen molar-refractivity contribution in [3.05, 3.63) is 46.9 Å². The summed E-state index contributed by atoms with van der Waals surface area (Å²) in [6.07, 6.45) is 1.63. The fourth-order valence-corrected chi connectivity index (χ4v) is 3.47. The number of aromatic nitrogens is 2. The van der Waals surface area contributed by atoms with Crippen LogP contribution in [0, 0.1) is 0 Å². The second-order valence-electron chi connectivity index (χ2n) is 5.87. The van der Waals surface area contributed by atoms with Gasteiger partial charge < -0.3 is 14.6 Å². The van der Waals surface area contributed by atoms with Gasteiger partial charge >= 0.3 is 12.0 Å². The van der Waals surface area contributed by atoms with Crippen LogP contribution in [-0.2, 0) is 16.1 Å². The van der Waals surface area contributed by atoms with E-state index >= 15 is 0 Å². The highest BCUT2D eigenvalue weighted by Crippen LogP contribution is 2.29. The number of urea groups is 1. The molecule has 9 heteroatoms. The Morgan fingerprint density at radius 2 is 1.96 bits per heavy atom. The number of benzene rings is 1. The highest BCUT2D eigenvalue weighted by molar-refractivity contribution is 7.22. The summed E-state index contributed by atoms with van der Waals surface area (Å²) in [5.74, 6) is -0.460. The van der Waals surface area contributed by atoms with Gasteiger partial charge in [0.05, 0.1) is 16.8 Å². The minimum absolute atomic E-state index is 0.139. The summed E-state index contributed by atoms with van der Waals surface area (Å²) in [6, 6.07) is 8.51. The average molecular weight is 400 g/mol. The number of anilines is 1. The van der Waals surface area contributed by atoms with Gasteiger partial charge in [0, 0.05) is 18.8 Å². The van der Waals surface area contributed by atoms with Crippen molar-refractivity contribution in [2.24, 2.45) is 0 Å². The van der Waals surface area contributed by atoms with Gasteiger partial charge in [-0.25, -0.2) is 9.78 Å². The minimum Gasteiger partial charge on any atom is -0.465 e. The first-order valence-electron chi connectivity index (χ1n) is 8.82. The molecule has 1 aromatic carbocycles. The van der Waals surface area contributed by atoms with E-state index in [0.717, 1.165) is 21.3 Å². The maximum Gasteiger partial charge on any atom is 0.326 e. The number of amides is 2. The summed E-state index contributed by atoms with van der Waals surface area (Å²) < 4.78 is 7.16. The monoisotopic (exact) mass is 400 g/mol. The van der Waals surface area contributed by atoms with Gasteiger partial charge in [-0.3, -0.25) is 14.9 Å². The van der Waals surface area contributed by atoms with Crippen molar-refractivity contribution in [2.45, 2.75) is 20.4 Å². The number of rotatable bonds is 6. The maximum atomic E-state index is 12.0. The molecule has 3 rings (SSSR count). The Labute approximate surface area is 165 Å². The molecule has 0 aliphatic rings. The largest absolute Gasteiger partial charge is 0.465 e. The van der Waals surface area contributed by atoms with Crippen molar-refractivity contribution in [3.8, 4) is 11.1 Å². The number of pyridine rings is 1.